The Morgan fingerprint density at radius 2 is 1.95 bits per heavy atom. The van der Waals surface area contributed by atoms with Gasteiger partial charge in [0.05, 0.1) is 10.0 Å². The van der Waals surface area contributed by atoms with Gasteiger partial charge in [-0.2, -0.15) is 4.31 Å². The molecule has 0 radical (unpaired) electrons. The zero-order valence-electron chi connectivity index (χ0n) is 10.2. The molecule has 1 saturated heterocycles. The number of likely N-dealkylation sites (N-methyl/N-ethyl adjacent to an activating group) is 1. The number of sulfonamides is 1. The van der Waals surface area contributed by atoms with Gasteiger partial charge in [0, 0.05) is 19.1 Å². The molecule has 106 valence electrons. The molecule has 1 aliphatic rings. The highest BCUT2D eigenvalue weighted by molar-refractivity contribution is 7.89. The molecule has 1 atom stereocenters. The summed E-state index contributed by atoms with van der Waals surface area (Å²) in [6.07, 6.45) is 0.714. The predicted octanol–water partition coefficient (Wildman–Crippen LogP) is 2.11. The maximum absolute atomic E-state index is 13.1. The second kappa shape index (κ2) is 5.54. The van der Waals surface area contributed by atoms with Crippen molar-refractivity contribution >= 4 is 33.2 Å². The van der Waals surface area contributed by atoms with Crippen molar-refractivity contribution in [2.24, 2.45) is 0 Å². The molecule has 0 amide bonds. The Morgan fingerprint density at radius 1 is 1.37 bits per heavy atom. The first-order valence-electron chi connectivity index (χ1n) is 5.68. The van der Waals surface area contributed by atoms with Crippen molar-refractivity contribution in [2.75, 3.05) is 20.1 Å². The van der Waals surface area contributed by atoms with Crippen LogP contribution in [0.4, 0.5) is 4.39 Å². The van der Waals surface area contributed by atoms with Gasteiger partial charge >= 0.3 is 0 Å². The van der Waals surface area contributed by atoms with Gasteiger partial charge in [0.1, 0.15) is 10.7 Å². The maximum Gasteiger partial charge on any atom is 0.246 e. The van der Waals surface area contributed by atoms with Crippen molar-refractivity contribution in [1.29, 1.82) is 0 Å². The van der Waals surface area contributed by atoms with Crippen molar-refractivity contribution in [1.82, 2.24) is 9.62 Å². The molecule has 1 aromatic carbocycles. The summed E-state index contributed by atoms with van der Waals surface area (Å²) in [7, 11) is -2.02. The molecular formula is C11H13Cl2FN2O2S. The summed E-state index contributed by atoms with van der Waals surface area (Å²) in [6, 6.07) is 2.01. The Labute approximate surface area is 121 Å². The summed E-state index contributed by atoms with van der Waals surface area (Å²) in [5.41, 5.74) is 0. The molecule has 0 aromatic heterocycles. The zero-order chi connectivity index (χ0) is 14.2. The lowest BCUT2D eigenvalue weighted by molar-refractivity contribution is 0.464. The van der Waals surface area contributed by atoms with Crippen LogP contribution in [0.1, 0.15) is 6.42 Å². The van der Waals surface area contributed by atoms with Crippen LogP contribution in [0.5, 0.6) is 0 Å². The minimum atomic E-state index is -3.80. The summed E-state index contributed by atoms with van der Waals surface area (Å²) in [5.74, 6) is -0.663. The Bertz CT molecular complexity index is 571. The van der Waals surface area contributed by atoms with Gasteiger partial charge in [-0.05, 0) is 25.6 Å². The van der Waals surface area contributed by atoms with Crippen LogP contribution in [-0.4, -0.2) is 38.9 Å². The molecule has 19 heavy (non-hydrogen) atoms. The Kier molecular flexibility index (Phi) is 4.37. The van der Waals surface area contributed by atoms with Gasteiger partial charge in [0.15, 0.2) is 0 Å². The average Bonchev–Trinajstić information content (AvgIpc) is 2.75. The zero-order valence-corrected chi connectivity index (χ0v) is 12.5. The smallest absolute Gasteiger partial charge is 0.246 e. The van der Waals surface area contributed by atoms with Crippen LogP contribution in [0.2, 0.25) is 10.0 Å². The van der Waals surface area contributed by atoms with Gasteiger partial charge in [-0.1, -0.05) is 23.2 Å². The molecule has 1 heterocycles. The van der Waals surface area contributed by atoms with E-state index in [1.165, 1.54) is 4.31 Å². The number of nitrogens with one attached hydrogen (secondary N) is 1. The third kappa shape index (κ3) is 2.87. The van der Waals surface area contributed by atoms with E-state index in [-0.39, 0.29) is 21.0 Å². The highest BCUT2D eigenvalue weighted by Gasteiger charge is 2.34. The molecule has 1 N–H and O–H groups in total. The molecule has 1 aliphatic heterocycles. The molecule has 4 nitrogen and oxygen atoms in total. The minimum Gasteiger partial charge on any atom is -0.316 e. The molecule has 1 aromatic rings. The van der Waals surface area contributed by atoms with Crippen molar-refractivity contribution in [3.63, 3.8) is 0 Å². The van der Waals surface area contributed by atoms with E-state index in [0.717, 1.165) is 12.1 Å². The van der Waals surface area contributed by atoms with Gasteiger partial charge in [-0.15, -0.1) is 0 Å². The normalized spacial score (nSPS) is 20.9. The van der Waals surface area contributed by atoms with E-state index >= 15 is 0 Å². The first kappa shape index (κ1) is 15.0. The van der Waals surface area contributed by atoms with E-state index in [4.69, 9.17) is 23.2 Å². The molecule has 0 spiro atoms. The molecule has 1 unspecified atom stereocenters. The number of halogens is 3. The lowest BCUT2D eigenvalue weighted by Gasteiger charge is -2.18. The number of benzene rings is 1. The monoisotopic (exact) mass is 326 g/mol. The first-order chi connectivity index (χ1) is 8.86. The van der Waals surface area contributed by atoms with Crippen molar-refractivity contribution < 1.29 is 12.8 Å². The molecule has 0 saturated carbocycles. The van der Waals surface area contributed by atoms with Crippen LogP contribution in [0, 0.1) is 5.82 Å². The van der Waals surface area contributed by atoms with E-state index in [9.17, 15) is 12.8 Å². The topological polar surface area (TPSA) is 49.4 Å². The summed E-state index contributed by atoms with van der Waals surface area (Å²) in [4.78, 5) is -0.228. The highest BCUT2D eigenvalue weighted by Crippen LogP contribution is 2.33. The predicted molar refractivity (Wildman–Crippen MR) is 72.6 cm³/mol. The van der Waals surface area contributed by atoms with Gasteiger partial charge in [0.2, 0.25) is 10.0 Å². The van der Waals surface area contributed by atoms with Crippen LogP contribution >= 0.6 is 23.2 Å². The first-order valence-corrected chi connectivity index (χ1v) is 7.88. The van der Waals surface area contributed by atoms with E-state index < -0.39 is 15.8 Å². The Morgan fingerprint density at radius 3 is 2.42 bits per heavy atom. The fourth-order valence-corrected chi connectivity index (χ4v) is 4.72. The standard InChI is InChI=1S/C11H13Cl2FN2O2S/c1-15-8-2-3-16(6-8)19(17,18)11-9(12)4-7(14)5-10(11)13/h4-5,8,15H,2-3,6H2,1H3. The Hall–Kier alpha value is -0.400. The summed E-state index contributed by atoms with van der Waals surface area (Å²) >= 11 is 11.6. The molecule has 0 bridgehead atoms. The molecule has 2 rings (SSSR count). The third-order valence-electron chi connectivity index (χ3n) is 3.12. The summed E-state index contributed by atoms with van der Waals surface area (Å²) in [6.45, 7) is 0.737. The minimum absolute atomic E-state index is 0.104. The molecule has 0 aliphatic carbocycles. The van der Waals surface area contributed by atoms with Gasteiger partial charge in [-0.25, -0.2) is 12.8 Å². The van der Waals surface area contributed by atoms with Gasteiger partial charge < -0.3 is 5.32 Å². The second-order valence-corrected chi connectivity index (χ2v) is 7.03. The third-order valence-corrected chi connectivity index (χ3v) is 5.91. The maximum atomic E-state index is 13.1. The molecule has 1 fully saturated rings. The number of hydrogen-bond acceptors (Lipinski definition) is 3. The number of rotatable bonds is 3. The van der Waals surface area contributed by atoms with Crippen LogP contribution in [0.3, 0.4) is 0 Å². The second-order valence-electron chi connectivity index (χ2n) is 4.34. The molecular weight excluding hydrogens is 314 g/mol. The number of hydrogen-bond donors (Lipinski definition) is 1. The SMILES string of the molecule is CNC1CCN(S(=O)(=O)c2c(Cl)cc(F)cc2Cl)C1. The van der Waals surface area contributed by atoms with Crippen LogP contribution in [0.25, 0.3) is 0 Å². The van der Waals surface area contributed by atoms with Gasteiger partial charge in [-0.3, -0.25) is 0 Å². The fraction of sp³-hybridized carbons (Fsp3) is 0.455. The van der Waals surface area contributed by atoms with Crippen molar-refractivity contribution in [3.05, 3.63) is 28.0 Å². The average molecular weight is 327 g/mol. The summed E-state index contributed by atoms with van der Waals surface area (Å²) < 4.78 is 39.3. The lowest BCUT2D eigenvalue weighted by Crippen LogP contribution is -2.33. The van der Waals surface area contributed by atoms with E-state index in [1.54, 1.807) is 7.05 Å². The van der Waals surface area contributed by atoms with E-state index in [1.807, 2.05) is 0 Å². The van der Waals surface area contributed by atoms with Crippen LogP contribution < -0.4 is 5.32 Å². The van der Waals surface area contributed by atoms with Crippen molar-refractivity contribution in [2.45, 2.75) is 17.4 Å². The summed E-state index contributed by atoms with van der Waals surface area (Å²) in [5, 5.41) is 2.63. The van der Waals surface area contributed by atoms with Crippen LogP contribution in [-0.2, 0) is 10.0 Å². The quantitative estimate of drug-likeness (QED) is 0.925. The highest BCUT2D eigenvalue weighted by atomic mass is 35.5. The van der Waals surface area contributed by atoms with Gasteiger partial charge in [0.25, 0.3) is 0 Å². The fourth-order valence-electron chi connectivity index (χ4n) is 2.09. The lowest BCUT2D eigenvalue weighted by atomic mass is 10.3. The van der Waals surface area contributed by atoms with Crippen LogP contribution in [0.15, 0.2) is 17.0 Å². The van der Waals surface area contributed by atoms with Crippen molar-refractivity contribution in [3.8, 4) is 0 Å². The molecule has 8 heteroatoms. The van der Waals surface area contributed by atoms with E-state index in [2.05, 4.69) is 5.32 Å². The largest absolute Gasteiger partial charge is 0.316 e. The Balaban J connectivity index is 2.41. The number of nitrogens with zero attached hydrogens (tertiary/aromatic N) is 1. The van der Waals surface area contributed by atoms with E-state index in [0.29, 0.717) is 19.5 Å².